The van der Waals surface area contributed by atoms with Crippen LogP contribution in [-0.2, 0) is 27.2 Å². The Labute approximate surface area is 152 Å². The third kappa shape index (κ3) is 3.83. The predicted molar refractivity (Wildman–Crippen MR) is 99.6 cm³/mol. The molecule has 26 heavy (non-hydrogen) atoms. The molecule has 134 valence electrons. The minimum absolute atomic E-state index is 0.551. The van der Waals surface area contributed by atoms with E-state index in [0.29, 0.717) is 24.5 Å². The van der Waals surface area contributed by atoms with E-state index >= 15 is 0 Å². The van der Waals surface area contributed by atoms with Crippen LogP contribution in [0.4, 0.5) is 11.6 Å². The lowest BCUT2D eigenvalue weighted by atomic mass is 10.2. The molecular formula is C18H22N8. The van der Waals surface area contributed by atoms with Gasteiger partial charge in [0.25, 0.3) is 0 Å². The van der Waals surface area contributed by atoms with Gasteiger partial charge in [-0.1, -0.05) is 0 Å². The maximum atomic E-state index is 9.45. The van der Waals surface area contributed by atoms with E-state index in [1.807, 2.05) is 74.9 Å². The quantitative estimate of drug-likeness (QED) is 0.673. The Morgan fingerprint density at radius 3 is 2.04 bits per heavy atom. The lowest BCUT2D eigenvalue weighted by Crippen LogP contribution is -2.22. The molecule has 8 heteroatoms. The molecular weight excluding hydrogens is 328 g/mol. The zero-order valence-corrected chi connectivity index (χ0v) is 15.5. The average Bonchev–Trinajstić information content (AvgIpc) is 3.22. The molecule has 3 aromatic rings. The fraction of sp³-hybridized carbons (Fsp3) is 0.333. The van der Waals surface area contributed by atoms with E-state index in [0.717, 1.165) is 16.9 Å². The van der Waals surface area contributed by atoms with Crippen LogP contribution in [0.3, 0.4) is 0 Å². The first-order chi connectivity index (χ1) is 12.5. The number of rotatable bonds is 6. The Kier molecular flexibility index (Phi) is 4.89. The van der Waals surface area contributed by atoms with Crippen molar-refractivity contribution in [2.45, 2.75) is 13.1 Å². The molecule has 0 saturated carbocycles. The molecule has 0 atom stereocenters. The standard InChI is InChI=1S/C18H22N8/c1-23(10-14-8-20-25(3)12-14)17-6-5-16(7-19)18(22-17)24(2)11-15-9-21-26(4)13-15/h5-6,8-9,12-13H,10-11H2,1-4H3. The number of hydrogen-bond acceptors (Lipinski definition) is 6. The topological polar surface area (TPSA) is 78.8 Å². The lowest BCUT2D eigenvalue weighted by Gasteiger charge is -2.23. The Morgan fingerprint density at radius 2 is 1.54 bits per heavy atom. The number of nitriles is 1. The van der Waals surface area contributed by atoms with E-state index < -0.39 is 0 Å². The van der Waals surface area contributed by atoms with Crippen LogP contribution in [0.2, 0.25) is 0 Å². The van der Waals surface area contributed by atoms with Gasteiger partial charge in [-0.3, -0.25) is 9.36 Å². The monoisotopic (exact) mass is 350 g/mol. The highest BCUT2D eigenvalue weighted by molar-refractivity contribution is 5.58. The molecule has 0 spiro atoms. The van der Waals surface area contributed by atoms with Gasteiger partial charge in [-0.2, -0.15) is 15.5 Å². The molecule has 0 unspecified atom stereocenters. The van der Waals surface area contributed by atoms with Gasteiger partial charge in [0.05, 0.1) is 18.0 Å². The Balaban J connectivity index is 1.82. The number of aromatic nitrogens is 5. The second-order valence-electron chi connectivity index (χ2n) is 6.41. The molecule has 8 nitrogen and oxygen atoms in total. The van der Waals surface area contributed by atoms with Gasteiger partial charge in [0.2, 0.25) is 0 Å². The fourth-order valence-electron chi connectivity index (χ4n) is 2.84. The molecule has 0 bridgehead atoms. The van der Waals surface area contributed by atoms with Crippen LogP contribution in [0.5, 0.6) is 0 Å². The van der Waals surface area contributed by atoms with Crippen molar-refractivity contribution in [3.05, 3.63) is 53.6 Å². The maximum absolute atomic E-state index is 9.45. The lowest BCUT2D eigenvalue weighted by molar-refractivity contribution is 0.766. The maximum Gasteiger partial charge on any atom is 0.149 e. The van der Waals surface area contributed by atoms with Crippen LogP contribution >= 0.6 is 0 Å². The third-order valence-corrected chi connectivity index (χ3v) is 4.09. The SMILES string of the molecule is CN(Cc1cnn(C)c1)c1ccc(C#N)c(N(C)Cc2cnn(C)c2)n1. The van der Waals surface area contributed by atoms with Crippen molar-refractivity contribution in [1.82, 2.24) is 24.5 Å². The largest absolute Gasteiger partial charge is 0.355 e. The number of nitrogens with zero attached hydrogens (tertiary/aromatic N) is 8. The molecule has 0 radical (unpaired) electrons. The molecule has 0 N–H and O–H groups in total. The van der Waals surface area contributed by atoms with Crippen molar-refractivity contribution in [1.29, 1.82) is 5.26 Å². The zero-order chi connectivity index (χ0) is 18.7. The second-order valence-corrected chi connectivity index (χ2v) is 6.41. The normalized spacial score (nSPS) is 10.6. The highest BCUT2D eigenvalue weighted by Gasteiger charge is 2.14. The van der Waals surface area contributed by atoms with Crippen molar-refractivity contribution in [3.63, 3.8) is 0 Å². The van der Waals surface area contributed by atoms with Crippen LogP contribution < -0.4 is 9.80 Å². The molecule has 0 aliphatic heterocycles. The van der Waals surface area contributed by atoms with Gasteiger partial charge in [-0.25, -0.2) is 4.98 Å². The average molecular weight is 350 g/mol. The summed E-state index contributed by atoms with van der Waals surface area (Å²) in [5, 5.41) is 17.8. The molecule has 0 aromatic carbocycles. The van der Waals surface area contributed by atoms with E-state index in [1.54, 1.807) is 9.36 Å². The van der Waals surface area contributed by atoms with Gasteiger partial charge >= 0.3 is 0 Å². The Bertz CT molecular complexity index is 933. The fourth-order valence-corrected chi connectivity index (χ4v) is 2.84. The minimum atomic E-state index is 0.551. The summed E-state index contributed by atoms with van der Waals surface area (Å²) >= 11 is 0. The highest BCUT2D eigenvalue weighted by atomic mass is 15.3. The smallest absolute Gasteiger partial charge is 0.149 e. The molecule has 0 saturated heterocycles. The van der Waals surface area contributed by atoms with Gasteiger partial charge in [-0.05, 0) is 12.1 Å². The van der Waals surface area contributed by atoms with Gasteiger partial charge in [0, 0.05) is 64.8 Å². The van der Waals surface area contributed by atoms with Crippen molar-refractivity contribution < 1.29 is 0 Å². The number of anilines is 2. The molecule has 0 aliphatic rings. The number of hydrogen-bond donors (Lipinski definition) is 0. The summed E-state index contributed by atoms with van der Waals surface area (Å²) in [5.74, 6) is 1.47. The van der Waals surface area contributed by atoms with Crippen molar-refractivity contribution in [2.24, 2.45) is 14.1 Å². The Morgan fingerprint density at radius 1 is 0.962 bits per heavy atom. The van der Waals surface area contributed by atoms with Gasteiger partial charge < -0.3 is 9.80 Å². The summed E-state index contributed by atoms with van der Waals surface area (Å²) in [7, 11) is 7.69. The van der Waals surface area contributed by atoms with E-state index in [9.17, 15) is 5.26 Å². The summed E-state index contributed by atoms with van der Waals surface area (Å²) < 4.78 is 3.54. The summed E-state index contributed by atoms with van der Waals surface area (Å²) in [6.45, 7) is 1.32. The highest BCUT2D eigenvalue weighted by Crippen LogP contribution is 2.23. The molecule has 0 aliphatic carbocycles. The van der Waals surface area contributed by atoms with E-state index in [2.05, 4.69) is 16.3 Å². The Hall–Kier alpha value is -3.34. The number of pyridine rings is 1. The molecule has 3 heterocycles. The zero-order valence-electron chi connectivity index (χ0n) is 15.5. The van der Waals surface area contributed by atoms with Crippen LogP contribution in [0.25, 0.3) is 0 Å². The summed E-state index contributed by atoms with van der Waals surface area (Å²) in [4.78, 5) is 8.73. The molecule has 0 amide bonds. The summed E-state index contributed by atoms with van der Waals surface area (Å²) in [5.41, 5.74) is 2.72. The van der Waals surface area contributed by atoms with Gasteiger partial charge in [0.15, 0.2) is 0 Å². The van der Waals surface area contributed by atoms with Crippen LogP contribution in [0.15, 0.2) is 36.9 Å². The van der Waals surface area contributed by atoms with Crippen molar-refractivity contribution in [2.75, 3.05) is 23.9 Å². The molecule has 3 rings (SSSR count). The second kappa shape index (κ2) is 7.27. The van der Waals surface area contributed by atoms with Crippen molar-refractivity contribution >= 4 is 11.6 Å². The van der Waals surface area contributed by atoms with Crippen LogP contribution in [0, 0.1) is 11.3 Å². The summed E-state index contributed by atoms with van der Waals surface area (Å²) in [6, 6.07) is 5.92. The summed E-state index contributed by atoms with van der Waals surface area (Å²) in [6.07, 6.45) is 7.60. The van der Waals surface area contributed by atoms with Crippen LogP contribution in [0.1, 0.15) is 16.7 Å². The first-order valence-electron chi connectivity index (χ1n) is 8.24. The number of aryl methyl sites for hydroxylation is 2. The van der Waals surface area contributed by atoms with Crippen molar-refractivity contribution in [3.8, 4) is 6.07 Å². The third-order valence-electron chi connectivity index (χ3n) is 4.09. The van der Waals surface area contributed by atoms with Gasteiger partial charge in [0.1, 0.15) is 17.7 Å². The minimum Gasteiger partial charge on any atom is -0.355 e. The van der Waals surface area contributed by atoms with E-state index in [4.69, 9.17) is 4.98 Å². The van der Waals surface area contributed by atoms with E-state index in [-0.39, 0.29) is 0 Å². The van der Waals surface area contributed by atoms with Gasteiger partial charge in [-0.15, -0.1) is 0 Å². The first-order valence-corrected chi connectivity index (χ1v) is 8.24. The first kappa shape index (κ1) is 17.5. The molecule has 0 fully saturated rings. The predicted octanol–water partition coefficient (Wildman–Crippen LogP) is 1.69. The van der Waals surface area contributed by atoms with E-state index in [1.165, 1.54) is 0 Å². The molecule has 3 aromatic heterocycles. The van der Waals surface area contributed by atoms with Crippen LogP contribution in [-0.4, -0.2) is 38.6 Å².